The number of nitrogens with zero attached hydrogens (tertiary/aromatic N) is 2. The first-order valence-electron chi connectivity index (χ1n) is 9.59. The van der Waals surface area contributed by atoms with Crippen molar-refractivity contribution in [2.75, 3.05) is 64.3 Å². The van der Waals surface area contributed by atoms with E-state index in [0.717, 1.165) is 22.3 Å². The van der Waals surface area contributed by atoms with Crippen LogP contribution < -0.4 is 20.9 Å². The molecular formula is C20H28N4O7. The van der Waals surface area contributed by atoms with Crippen LogP contribution in [0.1, 0.15) is 0 Å². The Balaban J connectivity index is 0.000000364. The second kappa shape index (κ2) is 13.2. The van der Waals surface area contributed by atoms with Gasteiger partial charge in [-0.1, -0.05) is 24.3 Å². The van der Waals surface area contributed by atoms with Crippen molar-refractivity contribution in [2.45, 2.75) is 0 Å². The zero-order valence-corrected chi connectivity index (χ0v) is 17.1. The maximum absolute atomic E-state index is 5.84. The van der Waals surface area contributed by atoms with Crippen LogP contribution in [0.5, 0.6) is 11.5 Å². The van der Waals surface area contributed by atoms with Gasteiger partial charge < -0.3 is 40.6 Å². The number of anilines is 2. The molecule has 0 bridgehead atoms. The lowest BCUT2D eigenvalue weighted by atomic mass is 10.1. The van der Waals surface area contributed by atoms with Gasteiger partial charge >= 0.3 is 0 Å². The molecule has 1 aliphatic heterocycles. The SMILES string of the molecule is Nc1nonc1N.O.c1ccc2cc3c(cc2c1)OCCOCCOCCOCCO3. The van der Waals surface area contributed by atoms with Crippen LogP contribution in [-0.2, 0) is 14.2 Å². The number of benzene rings is 2. The van der Waals surface area contributed by atoms with E-state index in [0.29, 0.717) is 52.9 Å². The molecule has 11 nitrogen and oxygen atoms in total. The molecular weight excluding hydrogens is 408 g/mol. The van der Waals surface area contributed by atoms with E-state index in [9.17, 15) is 0 Å². The van der Waals surface area contributed by atoms with E-state index < -0.39 is 0 Å². The maximum atomic E-state index is 5.84. The van der Waals surface area contributed by atoms with E-state index in [1.165, 1.54) is 0 Å². The Kier molecular flexibility index (Phi) is 10.3. The van der Waals surface area contributed by atoms with Gasteiger partial charge in [0.2, 0.25) is 11.6 Å². The van der Waals surface area contributed by atoms with Gasteiger partial charge in [0.25, 0.3) is 0 Å². The van der Waals surface area contributed by atoms with Crippen molar-refractivity contribution in [1.82, 2.24) is 10.3 Å². The Morgan fingerprint density at radius 3 is 1.35 bits per heavy atom. The Labute approximate surface area is 179 Å². The van der Waals surface area contributed by atoms with Gasteiger partial charge in [0.15, 0.2) is 11.5 Å². The number of ether oxygens (including phenoxy) is 5. The Hall–Kier alpha value is -3.12. The molecule has 0 saturated carbocycles. The number of aromatic nitrogens is 2. The monoisotopic (exact) mass is 436 g/mol. The third-order valence-electron chi connectivity index (χ3n) is 4.07. The first kappa shape index (κ1) is 24.2. The van der Waals surface area contributed by atoms with Crippen LogP contribution >= 0.6 is 0 Å². The van der Waals surface area contributed by atoms with E-state index >= 15 is 0 Å². The van der Waals surface area contributed by atoms with Crippen molar-refractivity contribution in [3.05, 3.63) is 36.4 Å². The molecule has 31 heavy (non-hydrogen) atoms. The van der Waals surface area contributed by atoms with Gasteiger partial charge in [-0.15, -0.1) is 0 Å². The molecule has 11 heteroatoms. The standard InChI is InChI=1S/C18H22O5.C2H4N4O.H2O/c1-2-4-16-14-18-17(13-15(16)3-1)22-11-9-20-7-5-19-6-8-21-10-12-23-18;3-1-2(4)6-7-5-1;/h1-4,13-14H,5-12H2;(H2,3,5)(H2,4,6);1H2. The molecule has 0 saturated heterocycles. The van der Waals surface area contributed by atoms with Crippen molar-refractivity contribution in [1.29, 1.82) is 0 Å². The molecule has 4 rings (SSSR count). The summed E-state index contributed by atoms with van der Waals surface area (Å²) in [6.45, 7) is 4.26. The molecule has 0 fully saturated rings. The molecule has 0 aliphatic carbocycles. The highest BCUT2D eigenvalue weighted by Crippen LogP contribution is 2.32. The minimum atomic E-state index is 0. The third kappa shape index (κ3) is 7.90. The van der Waals surface area contributed by atoms with Crippen molar-refractivity contribution in [3.63, 3.8) is 0 Å². The zero-order chi connectivity index (χ0) is 21.0. The predicted octanol–water partition coefficient (Wildman–Crippen LogP) is 1.07. The maximum Gasteiger partial charge on any atom is 0.212 e. The lowest BCUT2D eigenvalue weighted by Gasteiger charge is -2.14. The average molecular weight is 436 g/mol. The van der Waals surface area contributed by atoms with Crippen molar-refractivity contribution >= 4 is 22.4 Å². The molecule has 1 aromatic heterocycles. The second-order valence-corrected chi connectivity index (χ2v) is 6.21. The summed E-state index contributed by atoms with van der Waals surface area (Å²) in [4.78, 5) is 0. The topological polar surface area (TPSA) is 169 Å². The fourth-order valence-corrected chi connectivity index (χ4v) is 2.59. The molecule has 0 spiro atoms. The van der Waals surface area contributed by atoms with Crippen LogP contribution in [0.3, 0.4) is 0 Å². The molecule has 6 N–H and O–H groups in total. The smallest absolute Gasteiger partial charge is 0.212 e. The summed E-state index contributed by atoms with van der Waals surface area (Å²) < 4.78 is 32.1. The summed E-state index contributed by atoms with van der Waals surface area (Å²) in [5, 5.41) is 8.61. The summed E-state index contributed by atoms with van der Waals surface area (Å²) >= 11 is 0. The minimum Gasteiger partial charge on any atom is -0.487 e. The first-order valence-corrected chi connectivity index (χ1v) is 9.59. The lowest BCUT2D eigenvalue weighted by Crippen LogP contribution is -2.13. The number of rotatable bonds is 0. The van der Waals surface area contributed by atoms with E-state index in [1.807, 2.05) is 24.3 Å². The minimum absolute atomic E-state index is 0. The van der Waals surface area contributed by atoms with Crippen LogP contribution in [0.25, 0.3) is 10.8 Å². The second-order valence-electron chi connectivity index (χ2n) is 6.21. The molecule has 2 aromatic carbocycles. The summed E-state index contributed by atoms with van der Waals surface area (Å²) in [6.07, 6.45) is 0. The quantitative estimate of drug-likeness (QED) is 0.520. The highest BCUT2D eigenvalue weighted by Gasteiger charge is 2.08. The lowest BCUT2D eigenvalue weighted by molar-refractivity contribution is 0.00708. The number of hydrogen-bond donors (Lipinski definition) is 2. The number of fused-ring (bicyclic) bond motifs is 2. The Morgan fingerprint density at radius 1 is 0.613 bits per heavy atom. The van der Waals surface area contributed by atoms with E-state index in [2.05, 4.69) is 27.1 Å². The van der Waals surface area contributed by atoms with Gasteiger partial charge in [-0.25, -0.2) is 4.63 Å². The molecule has 0 atom stereocenters. The molecule has 3 aromatic rings. The van der Waals surface area contributed by atoms with Gasteiger partial charge in [0.1, 0.15) is 13.2 Å². The molecule has 0 radical (unpaired) electrons. The van der Waals surface area contributed by atoms with Gasteiger partial charge in [-0.2, -0.15) is 0 Å². The zero-order valence-electron chi connectivity index (χ0n) is 17.1. The van der Waals surface area contributed by atoms with E-state index in [-0.39, 0.29) is 17.1 Å². The molecule has 1 aliphatic rings. The summed E-state index contributed by atoms with van der Waals surface area (Å²) in [5.41, 5.74) is 10.1. The van der Waals surface area contributed by atoms with Crippen molar-refractivity contribution in [2.24, 2.45) is 0 Å². The van der Waals surface area contributed by atoms with Crippen molar-refractivity contribution in [3.8, 4) is 11.5 Å². The van der Waals surface area contributed by atoms with Gasteiger partial charge in [-0.05, 0) is 33.2 Å². The molecule has 170 valence electrons. The Bertz CT molecular complexity index is 837. The predicted molar refractivity (Wildman–Crippen MR) is 114 cm³/mol. The van der Waals surface area contributed by atoms with Crippen LogP contribution in [0.15, 0.2) is 41.0 Å². The van der Waals surface area contributed by atoms with Crippen LogP contribution in [0.4, 0.5) is 11.6 Å². The summed E-state index contributed by atoms with van der Waals surface area (Å²) in [7, 11) is 0. The number of hydrogen-bond acceptors (Lipinski definition) is 10. The average Bonchev–Trinajstić information content (AvgIpc) is 3.13. The molecule has 2 heterocycles. The fraction of sp³-hybridized carbons (Fsp3) is 0.400. The molecule has 0 unspecified atom stereocenters. The van der Waals surface area contributed by atoms with Gasteiger partial charge in [-0.3, -0.25) is 0 Å². The number of nitrogen functional groups attached to an aromatic ring is 2. The van der Waals surface area contributed by atoms with Crippen LogP contribution in [0.2, 0.25) is 0 Å². The largest absolute Gasteiger partial charge is 0.487 e. The summed E-state index contributed by atoms with van der Waals surface area (Å²) in [6, 6.07) is 12.2. The van der Waals surface area contributed by atoms with E-state index in [4.69, 9.17) is 35.2 Å². The third-order valence-corrected chi connectivity index (χ3v) is 4.07. The first-order chi connectivity index (χ1) is 14.7. The Morgan fingerprint density at radius 2 is 1.00 bits per heavy atom. The van der Waals surface area contributed by atoms with Crippen LogP contribution in [-0.4, -0.2) is 68.6 Å². The van der Waals surface area contributed by atoms with Gasteiger partial charge in [0, 0.05) is 0 Å². The normalized spacial score (nSPS) is 15.5. The van der Waals surface area contributed by atoms with Gasteiger partial charge in [0.05, 0.1) is 39.6 Å². The van der Waals surface area contributed by atoms with E-state index in [1.54, 1.807) is 0 Å². The fourth-order valence-electron chi connectivity index (χ4n) is 2.59. The number of nitrogens with two attached hydrogens (primary N) is 2. The molecule has 0 amide bonds. The highest BCUT2D eigenvalue weighted by molar-refractivity contribution is 5.86. The highest BCUT2D eigenvalue weighted by atomic mass is 16.6. The van der Waals surface area contributed by atoms with Crippen LogP contribution in [0, 0.1) is 0 Å². The van der Waals surface area contributed by atoms with Crippen molar-refractivity contribution < 1.29 is 33.8 Å². The summed E-state index contributed by atoms with van der Waals surface area (Å²) in [5.74, 6) is 1.75.